The summed E-state index contributed by atoms with van der Waals surface area (Å²) in [5.74, 6) is 0.606. The lowest BCUT2D eigenvalue weighted by molar-refractivity contribution is -0.347. The number of allylic oxidation sites excluding steroid dienone is 2. The third-order valence-corrected chi connectivity index (χ3v) is 19.2. The van der Waals surface area contributed by atoms with Gasteiger partial charge in [0.15, 0.2) is 23.5 Å². The Labute approximate surface area is 419 Å². The van der Waals surface area contributed by atoms with E-state index in [0.29, 0.717) is 29.9 Å². The van der Waals surface area contributed by atoms with E-state index in [9.17, 15) is 62.7 Å². The fourth-order valence-corrected chi connectivity index (χ4v) is 14.9. The van der Waals surface area contributed by atoms with Gasteiger partial charge in [0, 0.05) is 42.7 Å². The molecule has 5 aliphatic rings. The molecule has 72 heavy (non-hydrogen) atoms. The van der Waals surface area contributed by atoms with Crippen LogP contribution >= 0.6 is 35.2 Å². The van der Waals surface area contributed by atoms with Gasteiger partial charge >= 0.3 is 0 Å². The first-order chi connectivity index (χ1) is 33.6. The number of anilines is 1. The van der Waals surface area contributed by atoms with Crippen molar-refractivity contribution < 1.29 is 85.3 Å². The Morgan fingerprint density at radius 1 is 0.986 bits per heavy atom. The number of nitrogens with zero attached hydrogens (tertiary/aromatic N) is 4. The maximum atomic E-state index is 13.5. The molecule has 7 rings (SSSR count). The van der Waals surface area contributed by atoms with Crippen LogP contribution in [0.2, 0.25) is 0 Å². The van der Waals surface area contributed by atoms with Crippen LogP contribution in [0.25, 0.3) is 11.2 Å². The largest absolute Gasteiger partial charge is 0.790 e. The van der Waals surface area contributed by atoms with E-state index in [4.69, 9.17) is 10.5 Å². The molecule has 0 radical (unpaired) electrons. The van der Waals surface area contributed by atoms with Crippen molar-refractivity contribution in [3.05, 3.63) is 35.4 Å². The molecule has 2 amide bonds. The second-order valence-corrected chi connectivity index (χ2v) is 25.3. The van der Waals surface area contributed by atoms with Gasteiger partial charge in [-0.2, -0.15) is 0 Å². The highest BCUT2D eigenvalue weighted by atomic mass is 32.2. The average Bonchev–Trinajstić information content (AvgIpc) is 3.98. The number of hydrogen-bond acceptors (Lipinski definition) is 23. The number of thioether (sulfide) groups is 1. The number of nitrogens with one attached hydrogen (secondary N) is 2. The number of nitrogens with two attached hydrogens (primary N) is 1. The van der Waals surface area contributed by atoms with Crippen molar-refractivity contribution in [2.75, 3.05) is 37.8 Å². The minimum Gasteiger partial charge on any atom is -0.790 e. The number of amides is 2. The fourth-order valence-electron chi connectivity index (χ4n) is 11.5. The number of aliphatic hydroxyl groups is 2. The van der Waals surface area contributed by atoms with E-state index in [1.165, 1.54) is 25.0 Å². The van der Waals surface area contributed by atoms with Gasteiger partial charge in [0.2, 0.25) is 16.9 Å². The van der Waals surface area contributed by atoms with Crippen molar-refractivity contribution in [1.82, 2.24) is 30.2 Å². The minimum absolute atomic E-state index is 0.0225. The van der Waals surface area contributed by atoms with Gasteiger partial charge < -0.3 is 69.0 Å². The Morgan fingerprint density at radius 3 is 2.42 bits per heavy atom. The van der Waals surface area contributed by atoms with E-state index in [1.807, 2.05) is 13.0 Å². The van der Waals surface area contributed by atoms with E-state index >= 15 is 0 Å². The Hall–Kier alpha value is -3.29. The highest BCUT2D eigenvalue weighted by molar-refractivity contribution is 8.14. The molecule has 0 aromatic carbocycles. The zero-order valence-electron chi connectivity index (χ0n) is 40.3. The molecule has 2 unspecified atom stereocenters. The van der Waals surface area contributed by atoms with Crippen LogP contribution in [0.5, 0.6) is 0 Å². The normalized spacial score (nSPS) is 31.3. The van der Waals surface area contributed by atoms with Gasteiger partial charge in [-0.3, -0.25) is 32.9 Å². The standard InChI is InChI=1S/C43H64N7O18P3S/c1-23(27-8-9-28-26-7-6-24-18-25(51)10-13-42(24,4)29(26)11-14-43(27,28)5)40(56)72-17-16-45-31(52)12-15-46-38(55)35(54)41(2,3)20-65-71(62,63)68-70(60,61)64-19-30-34(67-69(57,58)59)33(53)39(66-30)50-22-49-32-36(44)47-21-48-37(32)50/h18,21-22,26,28-30,33-35,39,53-54H,6-17,19-20H2,1-5H3,(H,45,52)(H,46,55)(H,60,61)(H,62,63)(H2,44,47,48)(H2,57,58,59)/p-4/b27-23+/t26-,28-,29-,30+,33+,34+,35-,39+,42-,43+/m0/s1. The maximum Gasteiger partial charge on any atom is 0.274 e. The van der Waals surface area contributed by atoms with Crippen molar-refractivity contribution in [3.63, 3.8) is 0 Å². The zero-order chi connectivity index (χ0) is 52.8. The molecule has 1 saturated heterocycles. The van der Waals surface area contributed by atoms with Crippen LogP contribution in [0.15, 0.2) is 35.4 Å². The number of ether oxygens (including phenoxy) is 1. The van der Waals surface area contributed by atoms with Crippen molar-refractivity contribution in [3.8, 4) is 0 Å². The van der Waals surface area contributed by atoms with Gasteiger partial charge in [0.1, 0.15) is 36.3 Å². The second kappa shape index (κ2) is 21.7. The summed E-state index contributed by atoms with van der Waals surface area (Å²) >= 11 is 1.13. The van der Waals surface area contributed by atoms with Gasteiger partial charge in [-0.1, -0.05) is 50.6 Å². The minimum atomic E-state index is -5.94. The predicted molar refractivity (Wildman–Crippen MR) is 248 cm³/mol. The first-order valence-electron chi connectivity index (χ1n) is 23.5. The lowest BCUT2D eigenvalue weighted by Gasteiger charge is -2.57. The lowest BCUT2D eigenvalue weighted by Crippen LogP contribution is -2.49. The number of ketones is 1. The summed E-state index contributed by atoms with van der Waals surface area (Å²) in [6.07, 6.45) is 1.85. The molecule has 0 spiro atoms. The number of hydrogen-bond donors (Lipinski definition) is 5. The number of fused-ring (bicyclic) bond motifs is 6. The van der Waals surface area contributed by atoms with Crippen molar-refractivity contribution in [1.29, 1.82) is 0 Å². The smallest absolute Gasteiger partial charge is 0.274 e. The van der Waals surface area contributed by atoms with Crippen LogP contribution in [0.4, 0.5) is 5.82 Å². The van der Waals surface area contributed by atoms with Gasteiger partial charge in [0.25, 0.3) is 15.6 Å². The molecule has 3 saturated carbocycles. The highest BCUT2D eigenvalue weighted by Gasteiger charge is 2.58. The van der Waals surface area contributed by atoms with E-state index in [-0.39, 0.29) is 58.2 Å². The van der Waals surface area contributed by atoms with E-state index < -0.39 is 84.6 Å². The number of aromatic nitrogens is 4. The van der Waals surface area contributed by atoms with Crippen molar-refractivity contribution >= 4 is 74.9 Å². The number of aliphatic hydroxyl groups excluding tert-OH is 2. The molecule has 0 bridgehead atoms. The summed E-state index contributed by atoms with van der Waals surface area (Å²) < 4.78 is 61.1. The molecule has 2 aromatic heterocycles. The molecule has 4 aliphatic carbocycles. The van der Waals surface area contributed by atoms with Crippen molar-refractivity contribution in [2.45, 2.75) is 123 Å². The first kappa shape index (κ1) is 56.4. The SMILES string of the molecule is C/C(C(=O)SCCNC(=O)CCNC(=O)[C@H](O)C(C)(C)COP(=O)([O-])OP(=O)([O-])OC[C@H]1O[C@@H](n2cnc3c(N)ncnc32)[C@H](O)[C@@H]1OP(=O)([O-])[O-])=C1/CC[C@H]2[C@@H]3CCC4=CC(=O)CC[C@]4(C)[C@H]3CC[C@]12C. The van der Waals surface area contributed by atoms with Crippen LogP contribution in [0, 0.1) is 34.0 Å². The Morgan fingerprint density at radius 2 is 1.69 bits per heavy atom. The van der Waals surface area contributed by atoms with E-state index in [2.05, 4.69) is 57.3 Å². The van der Waals surface area contributed by atoms with E-state index in [1.54, 1.807) is 0 Å². The molecule has 1 aliphatic heterocycles. The second-order valence-electron chi connectivity index (χ2n) is 20.2. The first-order valence-corrected chi connectivity index (χ1v) is 28.9. The molecular formula is C43H60N7O18P3S-4. The third kappa shape index (κ3) is 12.4. The molecule has 29 heteroatoms. The van der Waals surface area contributed by atoms with Crippen LogP contribution in [0.1, 0.15) is 98.6 Å². The molecule has 3 heterocycles. The number of phosphoric ester groups is 3. The zero-order valence-corrected chi connectivity index (χ0v) is 43.8. The van der Waals surface area contributed by atoms with Gasteiger partial charge in [-0.15, -0.1) is 0 Å². The summed E-state index contributed by atoms with van der Waals surface area (Å²) in [7, 11) is -17.7. The number of imidazole rings is 1. The summed E-state index contributed by atoms with van der Waals surface area (Å²) in [6, 6.07) is 0. The maximum absolute atomic E-state index is 13.5. The molecule has 25 nitrogen and oxygen atoms in total. The quantitative estimate of drug-likeness (QED) is 0.0701. The number of carbonyl (C=O) groups excluding carboxylic acids is 4. The Kier molecular flexibility index (Phi) is 17.0. The highest BCUT2D eigenvalue weighted by Crippen LogP contribution is 2.67. The lowest BCUT2D eigenvalue weighted by atomic mass is 9.47. The topological polar surface area (TPSA) is 392 Å². The number of nitrogen functional groups attached to an aromatic ring is 1. The van der Waals surface area contributed by atoms with Crippen LogP contribution < -0.4 is 35.9 Å². The monoisotopic (exact) mass is 1090 g/mol. The third-order valence-electron chi connectivity index (χ3n) is 15.2. The number of phosphoric acid groups is 3. The predicted octanol–water partition coefficient (Wildman–Crippen LogP) is 0.985. The Balaban J connectivity index is 0.815. The molecule has 400 valence electrons. The summed E-state index contributed by atoms with van der Waals surface area (Å²) in [6.45, 7) is 6.66. The van der Waals surface area contributed by atoms with Gasteiger partial charge in [-0.25, -0.2) is 19.3 Å². The average molecular weight is 1090 g/mol. The molecule has 6 N–H and O–H groups in total. The summed E-state index contributed by atoms with van der Waals surface area (Å²) in [4.78, 5) is 111. The van der Waals surface area contributed by atoms with Crippen LogP contribution in [0.3, 0.4) is 0 Å². The fraction of sp³-hybridized carbons (Fsp3) is 0.698. The molecule has 4 fully saturated rings. The number of rotatable bonds is 20. The van der Waals surface area contributed by atoms with Crippen molar-refractivity contribution in [2.24, 2.45) is 34.0 Å². The molecule has 2 aromatic rings. The Bertz CT molecular complexity index is 2650. The molecular weight excluding hydrogens is 1030 g/mol. The summed E-state index contributed by atoms with van der Waals surface area (Å²) in [5.41, 5.74) is 7.43. The molecule has 12 atom stereocenters. The van der Waals surface area contributed by atoms with E-state index in [0.717, 1.165) is 79.5 Å². The van der Waals surface area contributed by atoms with Crippen LogP contribution in [-0.4, -0.2) is 109 Å². The summed E-state index contributed by atoms with van der Waals surface area (Å²) in [5, 5.41) is 26.6. The van der Waals surface area contributed by atoms with Gasteiger partial charge in [-0.05, 0) is 86.5 Å². The van der Waals surface area contributed by atoms with Gasteiger partial charge in [0.05, 0.1) is 27.4 Å². The number of carbonyl (C=O) groups is 4. The van der Waals surface area contributed by atoms with Crippen LogP contribution in [-0.2, 0) is 55.5 Å².